The third-order valence-corrected chi connectivity index (χ3v) is 3.94. The zero-order chi connectivity index (χ0) is 19.3. The van der Waals surface area contributed by atoms with Crippen LogP contribution in [0.4, 0.5) is 13.6 Å². The van der Waals surface area contributed by atoms with E-state index in [1.165, 1.54) is 37.3 Å². The van der Waals surface area contributed by atoms with Crippen molar-refractivity contribution >= 4 is 12.0 Å². The predicted molar refractivity (Wildman–Crippen MR) is 87.6 cm³/mol. The van der Waals surface area contributed by atoms with Crippen LogP contribution >= 0.6 is 0 Å². The number of hydrogen-bond donors (Lipinski definition) is 1. The fourth-order valence-corrected chi connectivity index (χ4v) is 2.55. The maximum atomic E-state index is 12.7. The maximum Gasteiger partial charge on any atom is 0.387 e. The van der Waals surface area contributed by atoms with E-state index in [2.05, 4.69) is 10.1 Å². The van der Waals surface area contributed by atoms with E-state index in [9.17, 15) is 18.4 Å². The molecule has 1 aromatic rings. The lowest BCUT2D eigenvalue weighted by Gasteiger charge is -2.33. The van der Waals surface area contributed by atoms with Crippen LogP contribution in [0.15, 0.2) is 35.5 Å². The molecule has 0 spiro atoms. The summed E-state index contributed by atoms with van der Waals surface area (Å²) in [5.74, 6) is -0.810. The predicted octanol–water partition coefficient (Wildman–Crippen LogP) is 2.45. The summed E-state index contributed by atoms with van der Waals surface area (Å²) in [5, 5.41) is 2.62. The molecule has 1 heterocycles. The molecular formula is C17H20F2N2O5. The molecule has 7 nitrogen and oxygen atoms in total. The summed E-state index contributed by atoms with van der Waals surface area (Å²) in [7, 11) is 2.96. The van der Waals surface area contributed by atoms with Crippen molar-refractivity contribution in [1.29, 1.82) is 0 Å². The van der Waals surface area contributed by atoms with Gasteiger partial charge in [0.2, 0.25) is 0 Å². The molecule has 9 heteroatoms. The van der Waals surface area contributed by atoms with Crippen LogP contribution in [-0.4, -0.2) is 50.9 Å². The van der Waals surface area contributed by atoms with Gasteiger partial charge in [-0.1, -0.05) is 18.2 Å². The van der Waals surface area contributed by atoms with Crippen molar-refractivity contribution in [2.75, 3.05) is 27.4 Å². The summed E-state index contributed by atoms with van der Waals surface area (Å²) in [6.07, 6.45) is 0. The van der Waals surface area contributed by atoms with E-state index in [0.717, 1.165) is 0 Å². The van der Waals surface area contributed by atoms with Gasteiger partial charge in [0.15, 0.2) is 0 Å². The number of methoxy groups -OCH3 is 1. The molecule has 142 valence electrons. The number of carbonyl (C=O) groups excluding carboxylic acids is 2. The molecule has 1 aliphatic rings. The molecule has 0 bridgehead atoms. The molecule has 26 heavy (non-hydrogen) atoms. The SMILES string of the molecule is COCCOC(=O)C1=C(C)N(C)C(=O)NC1c1ccccc1OC(F)F. The highest BCUT2D eigenvalue weighted by Gasteiger charge is 2.36. The topological polar surface area (TPSA) is 77.1 Å². The Morgan fingerprint density at radius 3 is 2.65 bits per heavy atom. The molecule has 0 fully saturated rings. The summed E-state index contributed by atoms with van der Waals surface area (Å²) < 4.78 is 39.9. The Morgan fingerprint density at radius 2 is 2.00 bits per heavy atom. The molecule has 0 aromatic heterocycles. The number of urea groups is 1. The minimum absolute atomic E-state index is 0.0195. The van der Waals surface area contributed by atoms with Gasteiger partial charge in [-0.3, -0.25) is 0 Å². The number of allylic oxidation sites excluding steroid dienone is 1. The van der Waals surface area contributed by atoms with E-state index in [0.29, 0.717) is 5.70 Å². The molecule has 1 N–H and O–H groups in total. The van der Waals surface area contributed by atoms with E-state index in [1.54, 1.807) is 13.0 Å². The lowest BCUT2D eigenvalue weighted by Crippen LogP contribution is -2.46. The van der Waals surface area contributed by atoms with E-state index in [1.807, 2.05) is 0 Å². The Kier molecular flexibility index (Phi) is 6.51. The minimum Gasteiger partial charge on any atom is -0.460 e. The highest BCUT2D eigenvalue weighted by atomic mass is 19.3. The maximum absolute atomic E-state index is 12.7. The Hall–Kier alpha value is -2.68. The first-order valence-corrected chi connectivity index (χ1v) is 7.81. The number of nitrogens with zero attached hydrogens (tertiary/aromatic N) is 1. The third-order valence-electron chi connectivity index (χ3n) is 3.94. The van der Waals surface area contributed by atoms with Gasteiger partial charge in [-0.25, -0.2) is 9.59 Å². The summed E-state index contributed by atoms with van der Waals surface area (Å²) in [6, 6.07) is 4.50. The number of carbonyl (C=O) groups is 2. The fraction of sp³-hybridized carbons (Fsp3) is 0.412. The van der Waals surface area contributed by atoms with Gasteiger partial charge in [-0.05, 0) is 13.0 Å². The normalized spacial score (nSPS) is 17.4. The zero-order valence-corrected chi connectivity index (χ0v) is 14.6. The Morgan fingerprint density at radius 1 is 1.31 bits per heavy atom. The summed E-state index contributed by atoms with van der Waals surface area (Å²) in [4.78, 5) is 26.0. The molecule has 0 aliphatic carbocycles. The van der Waals surface area contributed by atoms with Crippen LogP contribution in [0.25, 0.3) is 0 Å². The fourth-order valence-electron chi connectivity index (χ4n) is 2.55. The Balaban J connectivity index is 2.44. The van der Waals surface area contributed by atoms with Crippen LogP contribution in [0.1, 0.15) is 18.5 Å². The second-order valence-electron chi connectivity index (χ2n) is 5.49. The number of hydrogen-bond acceptors (Lipinski definition) is 5. The molecule has 1 unspecified atom stereocenters. The Labute approximate surface area is 149 Å². The number of halogens is 2. The lowest BCUT2D eigenvalue weighted by atomic mass is 9.94. The van der Waals surface area contributed by atoms with Gasteiger partial charge < -0.3 is 24.4 Å². The summed E-state index contributed by atoms with van der Waals surface area (Å²) in [6.45, 7) is -1.24. The molecule has 0 saturated carbocycles. The molecular weight excluding hydrogens is 350 g/mol. The molecule has 0 radical (unpaired) electrons. The van der Waals surface area contributed by atoms with Gasteiger partial charge >= 0.3 is 18.6 Å². The van der Waals surface area contributed by atoms with E-state index < -0.39 is 24.7 Å². The first-order valence-electron chi connectivity index (χ1n) is 7.81. The number of alkyl halides is 2. The van der Waals surface area contributed by atoms with Gasteiger partial charge in [0, 0.05) is 25.4 Å². The molecule has 1 atom stereocenters. The van der Waals surface area contributed by atoms with Crippen LogP contribution in [0.3, 0.4) is 0 Å². The molecule has 2 rings (SSSR count). The standard InChI is InChI=1S/C17H20F2N2O5/c1-10-13(15(22)25-9-8-24-3)14(20-17(23)21(10)2)11-6-4-5-7-12(11)26-16(18)19/h4-7,14,16H,8-9H2,1-3H3,(H,20,23). The summed E-state index contributed by atoms with van der Waals surface area (Å²) in [5.41, 5.74) is 0.717. The van der Waals surface area contributed by atoms with Crippen LogP contribution in [0.5, 0.6) is 5.75 Å². The van der Waals surface area contributed by atoms with E-state index in [4.69, 9.17) is 9.47 Å². The quantitative estimate of drug-likeness (QED) is 0.589. The smallest absolute Gasteiger partial charge is 0.387 e. The molecule has 1 aliphatic heterocycles. The number of ether oxygens (including phenoxy) is 3. The number of esters is 1. The monoisotopic (exact) mass is 370 g/mol. The molecule has 2 amide bonds. The lowest BCUT2D eigenvalue weighted by molar-refractivity contribution is -0.140. The minimum atomic E-state index is -3.04. The van der Waals surface area contributed by atoms with Crippen molar-refractivity contribution in [3.8, 4) is 5.75 Å². The number of nitrogens with one attached hydrogen (secondary N) is 1. The average Bonchev–Trinajstić information content (AvgIpc) is 2.59. The van der Waals surface area contributed by atoms with Crippen LogP contribution in [0.2, 0.25) is 0 Å². The zero-order valence-electron chi connectivity index (χ0n) is 14.6. The van der Waals surface area contributed by atoms with Crippen LogP contribution in [0, 0.1) is 0 Å². The second-order valence-corrected chi connectivity index (χ2v) is 5.49. The van der Waals surface area contributed by atoms with Gasteiger partial charge in [-0.2, -0.15) is 8.78 Å². The Bertz CT molecular complexity index is 708. The van der Waals surface area contributed by atoms with Gasteiger partial charge in [0.05, 0.1) is 18.2 Å². The van der Waals surface area contributed by atoms with Crippen molar-refractivity contribution in [1.82, 2.24) is 10.2 Å². The van der Waals surface area contributed by atoms with Crippen molar-refractivity contribution in [3.63, 3.8) is 0 Å². The van der Waals surface area contributed by atoms with Gasteiger partial charge in [0.1, 0.15) is 12.4 Å². The average molecular weight is 370 g/mol. The second kappa shape index (κ2) is 8.61. The van der Waals surface area contributed by atoms with Gasteiger partial charge in [0.25, 0.3) is 0 Å². The van der Waals surface area contributed by atoms with E-state index in [-0.39, 0.29) is 30.1 Å². The van der Waals surface area contributed by atoms with Crippen molar-refractivity contribution in [2.24, 2.45) is 0 Å². The number of amides is 2. The highest BCUT2D eigenvalue weighted by molar-refractivity contribution is 5.95. The van der Waals surface area contributed by atoms with E-state index >= 15 is 0 Å². The highest BCUT2D eigenvalue weighted by Crippen LogP contribution is 2.35. The van der Waals surface area contributed by atoms with Crippen molar-refractivity contribution < 1.29 is 32.6 Å². The summed E-state index contributed by atoms with van der Waals surface area (Å²) >= 11 is 0. The number of para-hydroxylation sites is 1. The first kappa shape index (κ1) is 19.6. The van der Waals surface area contributed by atoms with Crippen LogP contribution in [-0.2, 0) is 14.3 Å². The number of benzene rings is 1. The first-order chi connectivity index (χ1) is 12.4. The molecule has 0 saturated heterocycles. The van der Waals surface area contributed by atoms with Gasteiger partial charge in [-0.15, -0.1) is 0 Å². The van der Waals surface area contributed by atoms with Crippen molar-refractivity contribution in [2.45, 2.75) is 19.6 Å². The largest absolute Gasteiger partial charge is 0.460 e. The van der Waals surface area contributed by atoms with Crippen LogP contribution < -0.4 is 10.1 Å². The third kappa shape index (κ3) is 4.29. The number of rotatable bonds is 7. The van der Waals surface area contributed by atoms with Crippen molar-refractivity contribution in [3.05, 3.63) is 41.1 Å². The molecule has 1 aromatic carbocycles.